The molecular formula is C15H21N7O2. The molecule has 1 spiro atoms. The van der Waals surface area contributed by atoms with Crippen LogP contribution in [-0.2, 0) is 0 Å². The van der Waals surface area contributed by atoms with E-state index < -0.39 is 5.91 Å². The molecule has 1 atom stereocenters. The van der Waals surface area contributed by atoms with Gasteiger partial charge in [0.05, 0.1) is 17.8 Å². The summed E-state index contributed by atoms with van der Waals surface area (Å²) in [5.74, 6) is -0.163. The van der Waals surface area contributed by atoms with E-state index in [1.165, 1.54) is 6.20 Å². The summed E-state index contributed by atoms with van der Waals surface area (Å²) in [6, 6.07) is 0.288. The maximum absolute atomic E-state index is 12.6. The van der Waals surface area contributed by atoms with E-state index >= 15 is 0 Å². The van der Waals surface area contributed by atoms with E-state index in [1.54, 1.807) is 0 Å². The smallest absolute Gasteiger partial charge is 0.320 e. The highest BCUT2D eigenvalue weighted by molar-refractivity contribution is 5.90. The number of hydrogen-bond donors (Lipinski definition) is 1. The van der Waals surface area contributed by atoms with Crippen molar-refractivity contribution in [3.8, 4) is 0 Å². The van der Waals surface area contributed by atoms with Gasteiger partial charge in [0.25, 0.3) is 5.91 Å². The van der Waals surface area contributed by atoms with Gasteiger partial charge in [0.1, 0.15) is 0 Å². The molecule has 0 aromatic carbocycles. The van der Waals surface area contributed by atoms with Gasteiger partial charge in [-0.3, -0.25) is 4.79 Å². The number of anilines is 1. The van der Waals surface area contributed by atoms with Crippen LogP contribution in [0.2, 0.25) is 0 Å². The van der Waals surface area contributed by atoms with E-state index in [2.05, 4.69) is 15.2 Å². The van der Waals surface area contributed by atoms with Gasteiger partial charge in [-0.25, -0.2) is 9.78 Å². The molecular weight excluding hydrogens is 310 g/mol. The average Bonchev–Trinajstić information content (AvgIpc) is 3.35. The number of carbonyl (C=O) groups is 2. The van der Waals surface area contributed by atoms with Crippen LogP contribution in [0.3, 0.4) is 0 Å². The number of nitrogens with zero attached hydrogens (tertiary/aromatic N) is 6. The molecule has 1 aliphatic carbocycles. The predicted octanol–water partition coefficient (Wildman–Crippen LogP) is -0.161. The van der Waals surface area contributed by atoms with Crippen LogP contribution in [0.1, 0.15) is 36.2 Å². The first-order valence-electron chi connectivity index (χ1n) is 8.29. The molecule has 2 N–H and O–H groups in total. The summed E-state index contributed by atoms with van der Waals surface area (Å²) < 4.78 is 0. The molecule has 0 bridgehead atoms. The molecule has 1 aromatic rings. The second-order valence-electron chi connectivity index (χ2n) is 6.94. The van der Waals surface area contributed by atoms with Crippen molar-refractivity contribution in [2.24, 2.45) is 5.73 Å². The Morgan fingerprint density at radius 2 is 2.17 bits per heavy atom. The van der Waals surface area contributed by atoms with Crippen LogP contribution in [0.5, 0.6) is 0 Å². The summed E-state index contributed by atoms with van der Waals surface area (Å²) in [5.41, 5.74) is 5.30. The van der Waals surface area contributed by atoms with Crippen LogP contribution in [0.4, 0.5) is 10.7 Å². The molecule has 2 saturated heterocycles. The van der Waals surface area contributed by atoms with E-state index in [0.29, 0.717) is 12.5 Å². The molecule has 3 aliphatic rings. The molecule has 1 aromatic heterocycles. The van der Waals surface area contributed by atoms with Crippen molar-refractivity contribution < 1.29 is 9.59 Å². The molecule has 0 radical (unpaired) electrons. The van der Waals surface area contributed by atoms with Crippen molar-refractivity contribution in [2.45, 2.75) is 37.3 Å². The Kier molecular flexibility index (Phi) is 3.33. The number of hydrogen-bond acceptors (Lipinski definition) is 6. The molecule has 1 saturated carbocycles. The summed E-state index contributed by atoms with van der Waals surface area (Å²) in [6.45, 7) is 2.32. The first kappa shape index (κ1) is 15.1. The topological polar surface area (TPSA) is 109 Å². The van der Waals surface area contributed by atoms with Crippen LogP contribution in [-0.4, -0.2) is 75.2 Å². The van der Waals surface area contributed by atoms with Crippen LogP contribution in [0.25, 0.3) is 0 Å². The Morgan fingerprint density at radius 3 is 2.75 bits per heavy atom. The van der Waals surface area contributed by atoms with Gasteiger partial charge in [0.2, 0.25) is 5.95 Å². The fourth-order valence-electron chi connectivity index (χ4n) is 3.73. The van der Waals surface area contributed by atoms with E-state index in [-0.39, 0.29) is 23.3 Å². The molecule has 9 heteroatoms. The largest absolute Gasteiger partial charge is 0.364 e. The van der Waals surface area contributed by atoms with E-state index in [4.69, 9.17) is 5.73 Å². The maximum Gasteiger partial charge on any atom is 0.320 e. The Morgan fingerprint density at radius 1 is 1.38 bits per heavy atom. The first-order chi connectivity index (χ1) is 11.5. The number of amides is 3. The lowest BCUT2D eigenvalue weighted by Crippen LogP contribution is -2.49. The monoisotopic (exact) mass is 331 g/mol. The number of aromatic nitrogens is 3. The molecule has 0 unspecified atom stereocenters. The minimum atomic E-state index is -0.640. The lowest BCUT2D eigenvalue weighted by atomic mass is 10.0. The third-order valence-corrected chi connectivity index (χ3v) is 5.46. The molecule has 128 valence electrons. The van der Waals surface area contributed by atoms with Gasteiger partial charge < -0.3 is 20.4 Å². The van der Waals surface area contributed by atoms with Gasteiger partial charge in [0.15, 0.2) is 5.69 Å². The van der Waals surface area contributed by atoms with Crippen molar-refractivity contribution in [3.63, 3.8) is 0 Å². The zero-order chi connectivity index (χ0) is 16.9. The molecule has 3 heterocycles. The Labute approximate surface area is 139 Å². The Bertz CT molecular complexity index is 673. The number of piperidine rings is 1. The van der Waals surface area contributed by atoms with Gasteiger partial charge in [0, 0.05) is 26.7 Å². The van der Waals surface area contributed by atoms with Crippen LogP contribution in [0.15, 0.2) is 6.20 Å². The van der Waals surface area contributed by atoms with Crippen molar-refractivity contribution in [3.05, 3.63) is 11.9 Å². The minimum absolute atomic E-state index is 0.0549. The summed E-state index contributed by atoms with van der Waals surface area (Å²) in [7, 11) is 1.91. The molecule has 9 nitrogen and oxygen atoms in total. The fraction of sp³-hybridized carbons (Fsp3) is 0.667. The van der Waals surface area contributed by atoms with Crippen LogP contribution in [0, 0.1) is 0 Å². The summed E-state index contributed by atoms with van der Waals surface area (Å²) >= 11 is 0. The van der Waals surface area contributed by atoms with E-state index in [9.17, 15) is 9.59 Å². The normalized spacial score (nSPS) is 25.5. The highest BCUT2D eigenvalue weighted by Gasteiger charge is 2.57. The molecule has 3 fully saturated rings. The predicted molar refractivity (Wildman–Crippen MR) is 85.4 cm³/mol. The molecule has 2 aliphatic heterocycles. The Balaban J connectivity index is 1.48. The number of nitrogens with two attached hydrogens (primary N) is 1. The minimum Gasteiger partial charge on any atom is -0.364 e. The third kappa shape index (κ3) is 2.35. The van der Waals surface area contributed by atoms with Gasteiger partial charge in [-0.05, 0) is 25.7 Å². The van der Waals surface area contributed by atoms with Crippen molar-refractivity contribution >= 4 is 17.9 Å². The van der Waals surface area contributed by atoms with Gasteiger partial charge in [-0.2, -0.15) is 0 Å². The van der Waals surface area contributed by atoms with E-state index in [1.807, 2.05) is 21.7 Å². The number of primary amides is 1. The number of likely N-dealkylation sites (N-methyl/N-ethyl adjacent to an activating group) is 1. The second kappa shape index (κ2) is 5.29. The highest BCUT2D eigenvalue weighted by Crippen LogP contribution is 2.46. The van der Waals surface area contributed by atoms with Gasteiger partial charge >= 0.3 is 6.03 Å². The third-order valence-electron chi connectivity index (χ3n) is 5.46. The summed E-state index contributed by atoms with van der Waals surface area (Å²) in [6.07, 6.45) is 5.50. The quantitative estimate of drug-likeness (QED) is 0.824. The van der Waals surface area contributed by atoms with E-state index in [0.717, 1.165) is 38.8 Å². The lowest BCUT2D eigenvalue weighted by Gasteiger charge is -2.37. The zero-order valence-electron chi connectivity index (χ0n) is 13.7. The molecule has 3 amide bonds. The number of rotatable bonds is 3. The Hall–Kier alpha value is -2.45. The van der Waals surface area contributed by atoms with Crippen molar-refractivity contribution in [2.75, 3.05) is 31.6 Å². The van der Waals surface area contributed by atoms with Gasteiger partial charge in [-0.1, -0.05) is 0 Å². The maximum atomic E-state index is 12.6. The molecule has 24 heavy (non-hydrogen) atoms. The van der Waals surface area contributed by atoms with Crippen LogP contribution >= 0.6 is 0 Å². The first-order valence-corrected chi connectivity index (χ1v) is 8.29. The number of urea groups is 1. The summed E-state index contributed by atoms with van der Waals surface area (Å²) in [5, 5.41) is 7.83. The number of carbonyl (C=O) groups excluding carboxylic acids is 2. The fourth-order valence-corrected chi connectivity index (χ4v) is 3.73. The van der Waals surface area contributed by atoms with Crippen molar-refractivity contribution in [1.29, 1.82) is 0 Å². The summed E-state index contributed by atoms with van der Waals surface area (Å²) in [4.78, 5) is 33.8. The standard InChI is InChI=1S/C15H21N7O2/c1-20-14(24)22(9-15(20)4-5-15)10-3-2-6-21(8-10)13-17-7-11(12(16)23)18-19-13/h7,10H,2-6,8-9H2,1H3,(H2,16,23)/t10-/m1/s1. The van der Waals surface area contributed by atoms with Crippen LogP contribution < -0.4 is 10.6 Å². The zero-order valence-corrected chi connectivity index (χ0v) is 13.7. The highest BCUT2D eigenvalue weighted by atomic mass is 16.2. The molecule has 4 rings (SSSR count). The second-order valence-corrected chi connectivity index (χ2v) is 6.94. The average molecular weight is 331 g/mol. The SMILES string of the molecule is CN1C(=O)N([C@@H]2CCCN(c3ncc(C(N)=O)nn3)C2)CC12CC2. The van der Waals surface area contributed by atoms with Crippen molar-refractivity contribution in [1.82, 2.24) is 25.0 Å². The lowest BCUT2D eigenvalue weighted by molar-refractivity contribution is 0.0994. The van der Waals surface area contributed by atoms with Gasteiger partial charge in [-0.15, -0.1) is 10.2 Å².